The number of nitrogens with one attached hydrogen (secondary N) is 1. The zero-order chi connectivity index (χ0) is 38.8. The van der Waals surface area contributed by atoms with E-state index in [9.17, 15) is 34.5 Å². The van der Waals surface area contributed by atoms with E-state index in [2.05, 4.69) is 21.2 Å². The van der Waals surface area contributed by atoms with Gasteiger partial charge in [-0.2, -0.15) is 0 Å². The Balaban J connectivity index is 1.72. The fourth-order valence-electron chi connectivity index (χ4n) is 6.81. The summed E-state index contributed by atoms with van der Waals surface area (Å²) in [6.45, 7) is 10.2. The zero-order valence-corrected chi connectivity index (χ0v) is 31.8. The van der Waals surface area contributed by atoms with Gasteiger partial charge in [0, 0.05) is 52.6 Å². The molecule has 2 aliphatic rings. The number of aromatic hydroxyl groups is 1. The van der Waals surface area contributed by atoms with E-state index < -0.39 is 70.9 Å². The summed E-state index contributed by atoms with van der Waals surface area (Å²) in [5.41, 5.74) is -1.03. The van der Waals surface area contributed by atoms with Gasteiger partial charge in [0.15, 0.2) is 22.3 Å². The number of benzene rings is 3. The van der Waals surface area contributed by atoms with Gasteiger partial charge in [-0.1, -0.05) is 54.9 Å². The van der Waals surface area contributed by atoms with Crippen LogP contribution in [0.25, 0.3) is 33.0 Å². The van der Waals surface area contributed by atoms with Crippen molar-refractivity contribution in [3.8, 4) is 17.2 Å². The van der Waals surface area contributed by atoms with Crippen molar-refractivity contribution in [1.82, 2.24) is 4.98 Å². The van der Waals surface area contributed by atoms with Gasteiger partial charge in [0.2, 0.25) is 12.1 Å². The van der Waals surface area contributed by atoms with Crippen LogP contribution in [0.2, 0.25) is 0 Å². The van der Waals surface area contributed by atoms with Gasteiger partial charge in [-0.05, 0) is 26.0 Å². The van der Waals surface area contributed by atoms with Crippen molar-refractivity contribution in [3.63, 3.8) is 0 Å². The number of halogens is 1. The van der Waals surface area contributed by atoms with Crippen molar-refractivity contribution in [2.45, 2.75) is 72.8 Å². The van der Waals surface area contributed by atoms with Gasteiger partial charge in [0.1, 0.15) is 28.2 Å². The molecule has 0 aliphatic carbocycles. The lowest BCUT2D eigenvalue weighted by Gasteiger charge is -2.36. The van der Waals surface area contributed by atoms with E-state index in [0.717, 1.165) is 6.92 Å². The predicted octanol–water partition coefficient (Wildman–Crippen LogP) is 5.56. The molecule has 2 aliphatic heterocycles. The normalized spacial score (nSPS) is 28.2. The minimum Gasteiger partial charge on any atom is -0.505 e. The van der Waals surface area contributed by atoms with Gasteiger partial charge in [-0.25, -0.2) is 4.98 Å². The van der Waals surface area contributed by atoms with Crippen LogP contribution >= 0.6 is 15.9 Å². The molecule has 4 N–H and O–H groups in total. The molecule has 0 fully saturated rings. The highest BCUT2D eigenvalue weighted by Gasteiger charge is 2.52. The maximum absolute atomic E-state index is 14.7. The van der Waals surface area contributed by atoms with E-state index in [1.165, 1.54) is 40.9 Å². The second-order valence-corrected chi connectivity index (χ2v) is 14.6. The maximum Gasteiger partial charge on any atom is 0.304 e. The van der Waals surface area contributed by atoms with Crippen LogP contribution in [0.5, 0.6) is 17.2 Å². The molecule has 0 saturated carbocycles. The molecule has 53 heavy (non-hydrogen) atoms. The molecule has 4 aromatic rings. The molecule has 3 heterocycles. The molecule has 3 aromatic carbocycles. The maximum atomic E-state index is 14.7. The van der Waals surface area contributed by atoms with E-state index in [0.29, 0.717) is 4.47 Å². The Bertz CT molecular complexity index is 2350. The molecule has 6 rings (SSSR count). The van der Waals surface area contributed by atoms with E-state index in [4.69, 9.17) is 28.3 Å². The minimum absolute atomic E-state index is 0.0747. The Morgan fingerprint density at radius 3 is 2.40 bits per heavy atom. The fraction of sp³-hybridized carbons (Fsp3) is 0.395. The molecule has 14 nitrogen and oxygen atoms in total. The standard InChI is InChI=1S/C38H39BrN2O12/c1-14-10-9-11-15(2)36(48)41-28-32(46)24-23(27-34(28)51-22-13-20(39)12-21(49-8)26(22)40-27)25-33(17(4)31(24)45)52-38(7,35(25)47)53-37(50-19(6)42)18(5)30(44)16(3)29(14)43/h9-14,16,18,29-30,37,43-44,46H,1-8H3,(H,41,48)/b10-9+,15-11-/t14-,16+,18+,29-,30+,37?,38+/m0/s1. The summed E-state index contributed by atoms with van der Waals surface area (Å²) in [5, 5.41) is 36.7. The number of esters is 1. The van der Waals surface area contributed by atoms with Crippen LogP contribution in [0.1, 0.15) is 57.5 Å². The molecule has 1 aromatic heterocycles. The summed E-state index contributed by atoms with van der Waals surface area (Å²) in [4.78, 5) is 59.6. The fourth-order valence-corrected chi connectivity index (χ4v) is 7.22. The molecule has 15 heteroatoms. The number of fused-ring (bicyclic) bond motifs is 2. The van der Waals surface area contributed by atoms with Crippen molar-refractivity contribution in [3.05, 3.63) is 61.8 Å². The molecule has 0 radical (unpaired) electrons. The summed E-state index contributed by atoms with van der Waals surface area (Å²) < 4.78 is 30.2. The number of carbonyl (C=O) groups excluding carboxylic acids is 3. The highest BCUT2D eigenvalue weighted by Crippen LogP contribution is 2.49. The lowest BCUT2D eigenvalue weighted by Crippen LogP contribution is -2.49. The first-order chi connectivity index (χ1) is 24.9. The predicted molar refractivity (Wildman–Crippen MR) is 197 cm³/mol. The molecule has 1 amide bonds. The summed E-state index contributed by atoms with van der Waals surface area (Å²) in [6.07, 6.45) is 0.697. The van der Waals surface area contributed by atoms with Crippen molar-refractivity contribution in [2.75, 3.05) is 12.4 Å². The number of Topliss-reactive ketones (excluding diaryl/α,β-unsaturated/α-hetero) is 1. The number of phenols is 1. The SMILES string of the molecule is COc1cc(Br)cc2oc3c4c(O)c5c(=O)c(C)c6c(c5c3nc12)C(=O)[C@](C)(O6)OC(OC(C)=O)[C@H](C)[C@H](O)[C@H](C)[C@@H](O)[C@@H](C)/C=C/C=C(/C)C(=O)N4. The first-order valence-electron chi connectivity index (χ1n) is 16.8. The van der Waals surface area contributed by atoms with Crippen LogP contribution < -0.4 is 20.2 Å². The highest BCUT2D eigenvalue weighted by atomic mass is 79.9. The summed E-state index contributed by atoms with van der Waals surface area (Å²) in [5.74, 6) is -7.48. The Morgan fingerprint density at radius 2 is 1.74 bits per heavy atom. The monoisotopic (exact) mass is 794 g/mol. The van der Waals surface area contributed by atoms with Crippen LogP contribution in [-0.4, -0.2) is 69.4 Å². The minimum atomic E-state index is -2.24. The topological polar surface area (TPSA) is 204 Å². The van der Waals surface area contributed by atoms with Gasteiger partial charge < -0.3 is 39.3 Å². The quantitative estimate of drug-likeness (QED) is 0.0851. The number of nitrogens with zero attached hydrogens (tertiary/aromatic N) is 1. The van der Waals surface area contributed by atoms with Crippen LogP contribution in [0, 0.1) is 24.7 Å². The average molecular weight is 796 g/mol. The first-order valence-corrected chi connectivity index (χ1v) is 17.6. The zero-order valence-electron chi connectivity index (χ0n) is 30.2. The number of aliphatic hydroxyl groups is 2. The molecule has 0 spiro atoms. The van der Waals surface area contributed by atoms with Crippen LogP contribution in [0.4, 0.5) is 5.69 Å². The van der Waals surface area contributed by atoms with Crippen molar-refractivity contribution >= 4 is 72.2 Å². The molecular weight excluding hydrogens is 756 g/mol. The molecule has 4 bridgehead atoms. The smallest absolute Gasteiger partial charge is 0.304 e. The van der Waals surface area contributed by atoms with E-state index in [1.54, 1.807) is 38.1 Å². The first kappa shape index (κ1) is 37.9. The second-order valence-electron chi connectivity index (χ2n) is 13.7. The third-order valence-electron chi connectivity index (χ3n) is 9.95. The molecular formula is C38H39BrN2O12. The Morgan fingerprint density at radius 1 is 1.04 bits per heavy atom. The van der Waals surface area contributed by atoms with Crippen molar-refractivity contribution < 1.29 is 53.1 Å². The van der Waals surface area contributed by atoms with Crippen molar-refractivity contribution in [2.24, 2.45) is 17.8 Å². The highest BCUT2D eigenvalue weighted by molar-refractivity contribution is 9.10. The second kappa shape index (κ2) is 13.9. The molecule has 0 saturated heterocycles. The van der Waals surface area contributed by atoms with Gasteiger partial charge in [-0.3, -0.25) is 23.9 Å². The number of rotatable bonds is 2. The van der Waals surface area contributed by atoms with Crippen molar-refractivity contribution in [1.29, 1.82) is 0 Å². The van der Waals surface area contributed by atoms with E-state index >= 15 is 0 Å². The lowest BCUT2D eigenvalue weighted by molar-refractivity contribution is -0.263. The number of allylic oxidation sites excluding steroid dienone is 2. The van der Waals surface area contributed by atoms with Gasteiger partial charge in [0.25, 0.3) is 11.7 Å². The summed E-state index contributed by atoms with van der Waals surface area (Å²) >= 11 is 3.42. The van der Waals surface area contributed by atoms with Gasteiger partial charge >= 0.3 is 5.97 Å². The van der Waals surface area contributed by atoms with Crippen LogP contribution in [0.15, 0.2) is 49.6 Å². The van der Waals surface area contributed by atoms with Crippen LogP contribution in [0.3, 0.4) is 0 Å². The number of methoxy groups -OCH3 is 1. The van der Waals surface area contributed by atoms with E-state index in [1.807, 2.05) is 0 Å². The number of hydrogen-bond acceptors (Lipinski definition) is 13. The molecule has 280 valence electrons. The number of aromatic nitrogens is 1. The molecule has 1 unspecified atom stereocenters. The van der Waals surface area contributed by atoms with E-state index in [-0.39, 0.29) is 66.9 Å². The Hall–Kier alpha value is -4.83. The third kappa shape index (κ3) is 6.34. The Kier molecular flexibility index (Phi) is 9.92. The van der Waals surface area contributed by atoms with Gasteiger partial charge in [0.05, 0.1) is 30.3 Å². The number of ketones is 1. The van der Waals surface area contributed by atoms with Crippen LogP contribution in [-0.2, 0) is 19.1 Å². The number of ether oxygens (including phenoxy) is 4. The number of hydrogen-bond donors (Lipinski definition) is 4. The Labute approximate surface area is 311 Å². The lowest BCUT2D eigenvalue weighted by atomic mass is 9.83. The number of anilines is 1. The summed E-state index contributed by atoms with van der Waals surface area (Å²) in [7, 11) is 1.42. The summed E-state index contributed by atoms with van der Waals surface area (Å²) in [6, 6.07) is 3.23. The van der Waals surface area contributed by atoms with Gasteiger partial charge in [-0.15, -0.1) is 0 Å². The number of aliphatic hydroxyl groups excluding tert-OH is 2. The number of carbonyl (C=O) groups is 3. The number of amides is 1. The third-order valence-corrected chi connectivity index (χ3v) is 10.4. The molecule has 7 atom stereocenters. The number of phenolic OH excluding ortho intramolecular Hbond substituents is 1. The largest absolute Gasteiger partial charge is 0.505 e. The average Bonchev–Trinajstić information content (AvgIpc) is 3.37.